The smallest absolute Gasteiger partial charge is 0.311 e. The van der Waals surface area contributed by atoms with Crippen LogP contribution in [0.2, 0.25) is 0 Å². The highest BCUT2D eigenvalue weighted by Crippen LogP contribution is 2.20. The summed E-state index contributed by atoms with van der Waals surface area (Å²) >= 11 is 5.74. The average molecular weight is 285 g/mol. The van der Waals surface area contributed by atoms with Crippen molar-refractivity contribution in [2.45, 2.75) is 38.7 Å². The van der Waals surface area contributed by atoms with E-state index in [1.165, 1.54) is 0 Å². The van der Waals surface area contributed by atoms with E-state index >= 15 is 0 Å². The van der Waals surface area contributed by atoms with Gasteiger partial charge in [0, 0.05) is 12.0 Å². The van der Waals surface area contributed by atoms with Gasteiger partial charge >= 0.3 is 11.9 Å². The monoisotopic (exact) mass is 284 g/mol. The molecule has 1 atom stereocenters. The van der Waals surface area contributed by atoms with Gasteiger partial charge in [0.25, 0.3) is 0 Å². The maximum absolute atomic E-state index is 11.6. The maximum Gasteiger partial charge on any atom is 0.311 e. The zero-order valence-corrected chi connectivity index (χ0v) is 11.8. The van der Waals surface area contributed by atoms with E-state index in [4.69, 9.17) is 21.1 Å². The van der Waals surface area contributed by atoms with Gasteiger partial charge in [0.15, 0.2) is 5.56 Å². The van der Waals surface area contributed by atoms with Gasteiger partial charge in [-0.25, -0.2) is 0 Å². The summed E-state index contributed by atoms with van der Waals surface area (Å²) in [5, 5.41) is 0. The summed E-state index contributed by atoms with van der Waals surface area (Å²) in [6.07, 6.45) is 0.842. The van der Waals surface area contributed by atoms with Crippen molar-refractivity contribution in [1.82, 2.24) is 0 Å². The number of esters is 2. The van der Waals surface area contributed by atoms with E-state index in [1.54, 1.807) is 31.2 Å². The Morgan fingerprint density at radius 2 is 1.89 bits per heavy atom. The first-order valence-electron chi connectivity index (χ1n) is 6.19. The predicted molar refractivity (Wildman–Crippen MR) is 72.1 cm³/mol. The van der Waals surface area contributed by atoms with Crippen molar-refractivity contribution < 1.29 is 19.1 Å². The summed E-state index contributed by atoms with van der Waals surface area (Å²) in [6, 6.07) is 6.87. The molecule has 104 valence electrons. The summed E-state index contributed by atoms with van der Waals surface area (Å²) in [5.74, 6) is -0.402. The summed E-state index contributed by atoms with van der Waals surface area (Å²) < 4.78 is 10.1. The second-order valence-electron chi connectivity index (χ2n) is 3.92. The van der Waals surface area contributed by atoms with E-state index in [1.807, 2.05) is 6.92 Å². The molecule has 5 heteroatoms. The topological polar surface area (TPSA) is 52.6 Å². The number of carbonyl (C=O) groups is 2. The van der Waals surface area contributed by atoms with Crippen LogP contribution in [0.4, 0.5) is 0 Å². The first-order chi connectivity index (χ1) is 9.06. The average Bonchev–Trinajstić information content (AvgIpc) is 2.40. The van der Waals surface area contributed by atoms with Crippen molar-refractivity contribution in [3.8, 4) is 5.75 Å². The van der Waals surface area contributed by atoms with Gasteiger partial charge in [-0.2, -0.15) is 0 Å². The molecule has 1 rings (SSSR count). The van der Waals surface area contributed by atoms with Crippen LogP contribution < -0.4 is 4.74 Å². The van der Waals surface area contributed by atoms with Gasteiger partial charge < -0.3 is 9.47 Å². The minimum absolute atomic E-state index is 0.0242. The number of para-hydroxylation sites is 1. The van der Waals surface area contributed by atoms with Crippen LogP contribution in [-0.4, -0.2) is 17.5 Å². The molecule has 0 aliphatic carbocycles. The number of alkyl halides is 1. The van der Waals surface area contributed by atoms with Crippen LogP contribution in [0.3, 0.4) is 0 Å². The lowest BCUT2D eigenvalue weighted by Crippen LogP contribution is -2.15. The van der Waals surface area contributed by atoms with Crippen molar-refractivity contribution >= 4 is 23.5 Å². The molecule has 1 aromatic carbocycles. The molecular formula is C14H17ClO4. The number of hydrogen-bond donors (Lipinski definition) is 0. The minimum atomic E-state index is -0.627. The van der Waals surface area contributed by atoms with Gasteiger partial charge in [-0.1, -0.05) is 43.6 Å². The SMILES string of the molecule is CCC(=O)Oc1ccccc1CC(=O)OC(Cl)CC. The van der Waals surface area contributed by atoms with Crippen LogP contribution >= 0.6 is 11.6 Å². The van der Waals surface area contributed by atoms with E-state index in [0.717, 1.165) is 0 Å². The number of rotatable bonds is 6. The number of carbonyl (C=O) groups excluding carboxylic acids is 2. The van der Waals surface area contributed by atoms with Crippen LogP contribution in [0.15, 0.2) is 24.3 Å². The zero-order chi connectivity index (χ0) is 14.3. The Hall–Kier alpha value is -1.55. The molecule has 0 amide bonds. The van der Waals surface area contributed by atoms with E-state index < -0.39 is 11.5 Å². The third-order valence-electron chi connectivity index (χ3n) is 2.40. The van der Waals surface area contributed by atoms with E-state index in [0.29, 0.717) is 17.7 Å². The maximum atomic E-state index is 11.6. The number of halogens is 1. The third-order valence-corrected chi connectivity index (χ3v) is 2.80. The van der Waals surface area contributed by atoms with Crippen LogP contribution in [0, 0.1) is 0 Å². The van der Waals surface area contributed by atoms with Crippen LogP contribution in [0.1, 0.15) is 32.3 Å². The van der Waals surface area contributed by atoms with E-state index in [2.05, 4.69) is 0 Å². The summed E-state index contributed by atoms with van der Waals surface area (Å²) in [4.78, 5) is 22.9. The Bertz CT molecular complexity index is 445. The first-order valence-corrected chi connectivity index (χ1v) is 6.62. The molecule has 19 heavy (non-hydrogen) atoms. The Morgan fingerprint density at radius 3 is 2.53 bits per heavy atom. The van der Waals surface area contributed by atoms with Gasteiger partial charge in [-0.3, -0.25) is 9.59 Å². The van der Waals surface area contributed by atoms with Crippen molar-refractivity contribution in [3.63, 3.8) is 0 Å². The van der Waals surface area contributed by atoms with Crippen LogP contribution in [0.25, 0.3) is 0 Å². The minimum Gasteiger partial charge on any atom is -0.446 e. The fourth-order valence-corrected chi connectivity index (χ4v) is 1.47. The second-order valence-corrected chi connectivity index (χ2v) is 4.41. The molecule has 0 aliphatic rings. The summed E-state index contributed by atoms with van der Waals surface area (Å²) in [7, 11) is 0. The number of ether oxygens (including phenoxy) is 2. The molecule has 1 aromatic rings. The first kappa shape index (κ1) is 15.5. The molecule has 4 nitrogen and oxygen atoms in total. The van der Waals surface area contributed by atoms with Crippen molar-refractivity contribution in [3.05, 3.63) is 29.8 Å². The summed E-state index contributed by atoms with van der Waals surface area (Å²) in [5.41, 5.74) is -0.0212. The molecule has 0 saturated carbocycles. The molecule has 0 aliphatic heterocycles. The van der Waals surface area contributed by atoms with Crippen molar-refractivity contribution in [2.75, 3.05) is 0 Å². The lowest BCUT2D eigenvalue weighted by atomic mass is 10.1. The molecule has 1 unspecified atom stereocenters. The molecular weight excluding hydrogens is 268 g/mol. The lowest BCUT2D eigenvalue weighted by Gasteiger charge is -2.11. The van der Waals surface area contributed by atoms with Gasteiger partial charge in [0.2, 0.25) is 0 Å². The molecule has 0 aromatic heterocycles. The van der Waals surface area contributed by atoms with Gasteiger partial charge in [0.1, 0.15) is 5.75 Å². The Labute approximate surface area is 117 Å². The molecule has 0 radical (unpaired) electrons. The van der Waals surface area contributed by atoms with E-state index in [9.17, 15) is 9.59 Å². The summed E-state index contributed by atoms with van der Waals surface area (Å²) in [6.45, 7) is 3.53. The Morgan fingerprint density at radius 1 is 1.21 bits per heavy atom. The molecule has 0 fully saturated rings. The van der Waals surface area contributed by atoms with Gasteiger partial charge in [-0.05, 0) is 12.5 Å². The highest BCUT2D eigenvalue weighted by Gasteiger charge is 2.14. The predicted octanol–water partition coefficient (Wildman–Crippen LogP) is 3.06. The van der Waals surface area contributed by atoms with Crippen molar-refractivity contribution in [1.29, 1.82) is 0 Å². The molecule has 0 N–H and O–H groups in total. The number of benzene rings is 1. The highest BCUT2D eigenvalue weighted by atomic mass is 35.5. The number of hydrogen-bond acceptors (Lipinski definition) is 4. The fourth-order valence-electron chi connectivity index (χ4n) is 1.37. The Balaban J connectivity index is 2.72. The molecule has 0 saturated heterocycles. The quantitative estimate of drug-likeness (QED) is 0.458. The Kier molecular flexibility index (Phi) is 6.36. The normalized spacial score (nSPS) is 11.7. The highest BCUT2D eigenvalue weighted by molar-refractivity contribution is 6.20. The zero-order valence-electron chi connectivity index (χ0n) is 11.0. The third kappa shape index (κ3) is 5.30. The molecule has 0 heterocycles. The largest absolute Gasteiger partial charge is 0.446 e. The van der Waals surface area contributed by atoms with Gasteiger partial charge in [-0.15, -0.1) is 0 Å². The standard InChI is InChI=1S/C14H17ClO4/c1-3-12(15)19-14(17)9-10-7-5-6-8-11(10)18-13(16)4-2/h5-8,12H,3-4,9H2,1-2H3. The van der Waals surface area contributed by atoms with Crippen molar-refractivity contribution in [2.24, 2.45) is 0 Å². The lowest BCUT2D eigenvalue weighted by molar-refractivity contribution is -0.145. The van der Waals surface area contributed by atoms with Crippen LogP contribution in [0.5, 0.6) is 5.75 Å². The van der Waals surface area contributed by atoms with E-state index in [-0.39, 0.29) is 18.8 Å². The fraction of sp³-hybridized carbons (Fsp3) is 0.429. The second kappa shape index (κ2) is 7.79. The molecule has 0 spiro atoms. The van der Waals surface area contributed by atoms with Crippen LogP contribution in [-0.2, 0) is 20.7 Å². The van der Waals surface area contributed by atoms with Gasteiger partial charge in [0.05, 0.1) is 6.42 Å². The molecule has 0 bridgehead atoms.